The number of benzene rings is 2. The smallest absolute Gasteiger partial charge is 0.254 e. The van der Waals surface area contributed by atoms with E-state index in [1.807, 2.05) is 71.6 Å². The molecule has 1 saturated heterocycles. The molecule has 2 aromatic carbocycles. The van der Waals surface area contributed by atoms with Gasteiger partial charge in [-0.15, -0.1) is 0 Å². The average Bonchev–Trinajstić information content (AvgIpc) is 2.74. The molecule has 0 spiro atoms. The predicted molar refractivity (Wildman–Crippen MR) is 114 cm³/mol. The Labute approximate surface area is 170 Å². The van der Waals surface area contributed by atoms with E-state index in [9.17, 15) is 4.79 Å². The van der Waals surface area contributed by atoms with E-state index >= 15 is 0 Å². The van der Waals surface area contributed by atoms with Gasteiger partial charge in [0.2, 0.25) is 0 Å². The largest absolute Gasteiger partial charge is 0.353 e. The molecule has 1 aromatic heterocycles. The van der Waals surface area contributed by atoms with Crippen molar-refractivity contribution < 1.29 is 4.79 Å². The number of nitrogens with zero attached hydrogens (tertiary/aromatic N) is 3. The monoisotopic (exact) mass is 391 g/mol. The maximum atomic E-state index is 13.0. The number of pyridine rings is 1. The van der Waals surface area contributed by atoms with Gasteiger partial charge in [0.25, 0.3) is 5.91 Å². The number of carbonyl (C=O) groups excluding carboxylic acids is 1. The lowest BCUT2D eigenvalue weighted by molar-refractivity contribution is 0.0673. The Morgan fingerprint density at radius 2 is 1.64 bits per heavy atom. The molecule has 3 aromatic rings. The van der Waals surface area contributed by atoms with Crippen molar-refractivity contribution in [3.63, 3.8) is 0 Å². The molecule has 1 fully saturated rings. The second-order valence-electron chi connectivity index (χ2n) is 7.07. The Kier molecular flexibility index (Phi) is 5.31. The molecule has 0 radical (unpaired) electrons. The Bertz CT molecular complexity index is 942. The molecule has 4 nitrogen and oxygen atoms in total. The molecule has 1 aliphatic heterocycles. The van der Waals surface area contributed by atoms with E-state index in [1.165, 1.54) is 0 Å². The highest BCUT2D eigenvalue weighted by Crippen LogP contribution is 2.23. The first kappa shape index (κ1) is 18.5. The lowest BCUT2D eigenvalue weighted by Gasteiger charge is -2.40. The summed E-state index contributed by atoms with van der Waals surface area (Å²) in [6.45, 7) is 4.35. The van der Waals surface area contributed by atoms with Gasteiger partial charge < -0.3 is 9.80 Å². The van der Waals surface area contributed by atoms with E-state index in [0.29, 0.717) is 6.54 Å². The summed E-state index contributed by atoms with van der Waals surface area (Å²) in [7, 11) is 0. The van der Waals surface area contributed by atoms with Crippen molar-refractivity contribution in [2.24, 2.45) is 0 Å². The van der Waals surface area contributed by atoms with Gasteiger partial charge >= 0.3 is 0 Å². The molecule has 1 unspecified atom stereocenters. The fourth-order valence-electron chi connectivity index (χ4n) is 3.62. The third-order valence-corrected chi connectivity index (χ3v) is 5.42. The molecular formula is C23H22ClN3O. The van der Waals surface area contributed by atoms with E-state index in [-0.39, 0.29) is 11.9 Å². The van der Waals surface area contributed by atoms with Crippen LogP contribution < -0.4 is 4.90 Å². The summed E-state index contributed by atoms with van der Waals surface area (Å²) >= 11 is 5.96. The number of piperazine rings is 1. The van der Waals surface area contributed by atoms with Crippen LogP contribution in [0.5, 0.6) is 0 Å². The molecule has 142 valence electrons. The van der Waals surface area contributed by atoms with Crippen molar-refractivity contribution in [2.75, 3.05) is 24.5 Å². The highest BCUT2D eigenvalue weighted by molar-refractivity contribution is 6.30. The van der Waals surface area contributed by atoms with Gasteiger partial charge in [-0.05, 0) is 54.4 Å². The Hall–Kier alpha value is -2.85. The summed E-state index contributed by atoms with van der Waals surface area (Å²) in [4.78, 5) is 21.6. The van der Waals surface area contributed by atoms with E-state index < -0.39 is 0 Å². The van der Waals surface area contributed by atoms with Crippen molar-refractivity contribution in [3.05, 3.63) is 83.5 Å². The second-order valence-corrected chi connectivity index (χ2v) is 7.50. The topological polar surface area (TPSA) is 36.4 Å². The van der Waals surface area contributed by atoms with Gasteiger partial charge in [0, 0.05) is 42.5 Å². The quantitative estimate of drug-likeness (QED) is 0.646. The van der Waals surface area contributed by atoms with Gasteiger partial charge in [-0.25, -0.2) is 4.98 Å². The van der Waals surface area contributed by atoms with E-state index in [4.69, 9.17) is 11.6 Å². The van der Waals surface area contributed by atoms with Crippen molar-refractivity contribution in [3.8, 4) is 11.1 Å². The molecule has 5 heteroatoms. The SMILES string of the molecule is CC1CN(c2ccccn2)CCN1C(=O)c1ccc(-c2ccc(Cl)cc2)cc1. The van der Waals surface area contributed by atoms with Gasteiger partial charge in [0.05, 0.1) is 0 Å². The third kappa shape index (κ3) is 3.87. The van der Waals surface area contributed by atoms with Crippen molar-refractivity contribution >= 4 is 23.3 Å². The van der Waals surface area contributed by atoms with E-state index in [1.54, 1.807) is 6.20 Å². The fourth-order valence-corrected chi connectivity index (χ4v) is 3.75. The van der Waals surface area contributed by atoms with E-state index in [2.05, 4.69) is 16.8 Å². The first-order valence-electron chi connectivity index (χ1n) is 9.45. The van der Waals surface area contributed by atoms with Gasteiger partial charge in [0.15, 0.2) is 0 Å². The molecule has 0 N–H and O–H groups in total. The Morgan fingerprint density at radius 3 is 2.25 bits per heavy atom. The van der Waals surface area contributed by atoms with Gasteiger partial charge in [-0.2, -0.15) is 0 Å². The van der Waals surface area contributed by atoms with Gasteiger partial charge in [-0.1, -0.05) is 41.9 Å². The summed E-state index contributed by atoms with van der Waals surface area (Å²) in [5, 5.41) is 0.717. The molecule has 28 heavy (non-hydrogen) atoms. The first-order chi connectivity index (χ1) is 13.6. The molecule has 1 amide bonds. The zero-order valence-corrected chi connectivity index (χ0v) is 16.5. The standard InChI is InChI=1S/C23H22ClN3O/c1-17-16-26(22-4-2-3-13-25-22)14-15-27(17)23(28)20-7-5-18(6-8-20)19-9-11-21(24)12-10-19/h2-13,17H,14-16H2,1H3. The van der Waals surface area contributed by atoms with Gasteiger partial charge in [0.1, 0.15) is 5.82 Å². The molecule has 1 atom stereocenters. The molecule has 1 aliphatic rings. The minimum Gasteiger partial charge on any atom is -0.353 e. The van der Waals surface area contributed by atoms with Crippen LogP contribution in [0.2, 0.25) is 5.02 Å². The Balaban J connectivity index is 1.45. The lowest BCUT2D eigenvalue weighted by Crippen LogP contribution is -2.54. The highest BCUT2D eigenvalue weighted by Gasteiger charge is 2.28. The number of hydrogen-bond donors (Lipinski definition) is 0. The summed E-state index contributed by atoms with van der Waals surface area (Å²) in [5.74, 6) is 1.05. The number of hydrogen-bond acceptors (Lipinski definition) is 3. The van der Waals surface area contributed by atoms with Crippen LogP contribution in [0.15, 0.2) is 72.9 Å². The molecule has 4 rings (SSSR count). The second kappa shape index (κ2) is 8.03. The molecule has 0 bridgehead atoms. The number of aromatic nitrogens is 1. The number of carbonyl (C=O) groups is 1. The van der Waals surface area contributed by atoms with Crippen LogP contribution >= 0.6 is 11.6 Å². The highest BCUT2D eigenvalue weighted by atomic mass is 35.5. The fraction of sp³-hybridized carbons (Fsp3) is 0.217. The molecule has 0 saturated carbocycles. The van der Waals surface area contributed by atoms with Crippen LogP contribution in [0.1, 0.15) is 17.3 Å². The van der Waals surface area contributed by atoms with Crippen molar-refractivity contribution in [1.29, 1.82) is 0 Å². The molecule has 2 heterocycles. The van der Waals surface area contributed by atoms with Crippen LogP contribution in [-0.2, 0) is 0 Å². The number of rotatable bonds is 3. The van der Waals surface area contributed by atoms with Gasteiger partial charge in [-0.3, -0.25) is 4.79 Å². The maximum Gasteiger partial charge on any atom is 0.254 e. The zero-order valence-electron chi connectivity index (χ0n) is 15.8. The number of anilines is 1. The van der Waals surface area contributed by atoms with Crippen molar-refractivity contribution in [1.82, 2.24) is 9.88 Å². The van der Waals surface area contributed by atoms with E-state index in [0.717, 1.165) is 40.6 Å². The van der Waals surface area contributed by atoms with Crippen molar-refractivity contribution in [2.45, 2.75) is 13.0 Å². The molecular weight excluding hydrogens is 370 g/mol. The van der Waals surface area contributed by atoms with Crippen LogP contribution in [0.3, 0.4) is 0 Å². The third-order valence-electron chi connectivity index (χ3n) is 5.17. The zero-order chi connectivity index (χ0) is 19.5. The normalized spacial score (nSPS) is 16.9. The predicted octanol–water partition coefficient (Wildman–Crippen LogP) is 4.75. The van der Waals surface area contributed by atoms with Crippen LogP contribution in [0.25, 0.3) is 11.1 Å². The lowest BCUT2D eigenvalue weighted by atomic mass is 10.0. The number of halogens is 1. The number of amides is 1. The average molecular weight is 392 g/mol. The van der Waals surface area contributed by atoms with Crippen LogP contribution in [0, 0.1) is 0 Å². The summed E-state index contributed by atoms with van der Waals surface area (Å²) in [6.07, 6.45) is 1.81. The summed E-state index contributed by atoms with van der Waals surface area (Å²) < 4.78 is 0. The maximum absolute atomic E-state index is 13.0. The van der Waals surface area contributed by atoms with Crippen LogP contribution in [-0.4, -0.2) is 41.5 Å². The minimum atomic E-state index is 0.0795. The molecule has 0 aliphatic carbocycles. The minimum absolute atomic E-state index is 0.0795. The Morgan fingerprint density at radius 1 is 0.964 bits per heavy atom. The summed E-state index contributed by atoms with van der Waals surface area (Å²) in [5.41, 5.74) is 2.87. The van der Waals surface area contributed by atoms with Crippen LogP contribution in [0.4, 0.5) is 5.82 Å². The first-order valence-corrected chi connectivity index (χ1v) is 9.82. The summed E-state index contributed by atoms with van der Waals surface area (Å²) in [6, 6.07) is 21.6.